The summed E-state index contributed by atoms with van der Waals surface area (Å²) in [5, 5.41) is 2.61. The second kappa shape index (κ2) is 6.13. The van der Waals surface area contributed by atoms with Crippen molar-refractivity contribution in [2.45, 2.75) is 31.2 Å². The Bertz CT molecular complexity index is 611. The summed E-state index contributed by atoms with van der Waals surface area (Å²) in [6.07, 6.45) is 0.793. The fraction of sp³-hybridized carbons (Fsp3) is 0.500. The maximum absolute atomic E-state index is 12.5. The van der Waals surface area contributed by atoms with Gasteiger partial charge in [-0.05, 0) is 43.5 Å². The Labute approximate surface area is 125 Å². The first-order chi connectivity index (χ1) is 9.80. The maximum atomic E-state index is 12.5. The number of hydrogen-bond acceptors (Lipinski definition) is 4. The maximum Gasteiger partial charge on any atom is 0.243 e. The SMILES string of the molecule is CC(=O)Nc1ccc(S(=O)(=O)N2CCC(C(C)N)C2)cc1. The van der Waals surface area contributed by atoms with Gasteiger partial charge < -0.3 is 11.1 Å². The van der Waals surface area contributed by atoms with E-state index in [1.54, 1.807) is 12.1 Å². The Balaban J connectivity index is 2.15. The van der Waals surface area contributed by atoms with E-state index in [1.165, 1.54) is 23.4 Å². The molecule has 2 atom stereocenters. The number of rotatable bonds is 4. The molecule has 6 nitrogen and oxygen atoms in total. The van der Waals surface area contributed by atoms with Crippen LogP contribution >= 0.6 is 0 Å². The molecule has 21 heavy (non-hydrogen) atoms. The number of carbonyl (C=O) groups excluding carboxylic acids is 1. The number of nitrogens with one attached hydrogen (secondary N) is 1. The predicted molar refractivity (Wildman–Crippen MR) is 81.3 cm³/mol. The highest BCUT2D eigenvalue weighted by molar-refractivity contribution is 7.89. The summed E-state index contributed by atoms with van der Waals surface area (Å²) >= 11 is 0. The molecule has 116 valence electrons. The second-order valence-electron chi connectivity index (χ2n) is 5.48. The minimum atomic E-state index is -3.49. The van der Waals surface area contributed by atoms with Gasteiger partial charge in [0.2, 0.25) is 15.9 Å². The molecule has 1 saturated heterocycles. The summed E-state index contributed by atoms with van der Waals surface area (Å²) in [4.78, 5) is 11.2. The Kier molecular flexibility index (Phi) is 4.65. The minimum Gasteiger partial charge on any atom is -0.328 e. The van der Waals surface area contributed by atoms with Crippen LogP contribution in [-0.4, -0.2) is 37.8 Å². The van der Waals surface area contributed by atoms with Crippen LogP contribution in [0.25, 0.3) is 0 Å². The fourth-order valence-electron chi connectivity index (χ4n) is 2.46. The number of amides is 1. The van der Waals surface area contributed by atoms with Crippen LogP contribution in [0.15, 0.2) is 29.2 Å². The number of nitrogens with two attached hydrogens (primary N) is 1. The van der Waals surface area contributed by atoms with Gasteiger partial charge in [-0.25, -0.2) is 8.42 Å². The van der Waals surface area contributed by atoms with Gasteiger partial charge in [-0.3, -0.25) is 4.79 Å². The average molecular weight is 311 g/mol. The predicted octanol–water partition coefficient (Wildman–Crippen LogP) is 1.00. The molecule has 2 rings (SSSR count). The molecule has 0 spiro atoms. The third kappa shape index (κ3) is 3.61. The number of benzene rings is 1. The first-order valence-electron chi connectivity index (χ1n) is 6.94. The lowest BCUT2D eigenvalue weighted by atomic mass is 10.0. The van der Waals surface area contributed by atoms with Gasteiger partial charge in [-0.2, -0.15) is 4.31 Å². The van der Waals surface area contributed by atoms with Gasteiger partial charge in [0.05, 0.1) is 4.90 Å². The van der Waals surface area contributed by atoms with E-state index in [-0.39, 0.29) is 22.8 Å². The monoisotopic (exact) mass is 311 g/mol. The molecule has 0 aromatic heterocycles. The Hall–Kier alpha value is -1.44. The van der Waals surface area contributed by atoms with Crippen molar-refractivity contribution in [3.05, 3.63) is 24.3 Å². The first-order valence-corrected chi connectivity index (χ1v) is 8.38. The van der Waals surface area contributed by atoms with Crippen molar-refractivity contribution >= 4 is 21.6 Å². The van der Waals surface area contributed by atoms with Gasteiger partial charge in [0.25, 0.3) is 0 Å². The molecule has 1 heterocycles. The molecule has 3 N–H and O–H groups in total. The van der Waals surface area contributed by atoms with Gasteiger partial charge in [-0.15, -0.1) is 0 Å². The van der Waals surface area contributed by atoms with Crippen molar-refractivity contribution < 1.29 is 13.2 Å². The van der Waals surface area contributed by atoms with Crippen molar-refractivity contribution in [3.8, 4) is 0 Å². The van der Waals surface area contributed by atoms with Crippen LogP contribution in [0.3, 0.4) is 0 Å². The van der Waals surface area contributed by atoms with Gasteiger partial charge in [0.1, 0.15) is 0 Å². The molecule has 2 unspecified atom stereocenters. The number of anilines is 1. The molecule has 1 aliphatic heterocycles. The van der Waals surface area contributed by atoms with E-state index in [2.05, 4.69) is 5.32 Å². The average Bonchev–Trinajstić information content (AvgIpc) is 2.89. The van der Waals surface area contributed by atoms with Crippen molar-refractivity contribution in [1.29, 1.82) is 0 Å². The molecule has 0 saturated carbocycles. The Morgan fingerprint density at radius 2 is 2.00 bits per heavy atom. The molecular formula is C14H21N3O3S. The van der Waals surface area contributed by atoms with Crippen molar-refractivity contribution in [3.63, 3.8) is 0 Å². The van der Waals surface area contributed by atoms with Crippen LogP contribution < -0.4 is 11.1 Å². The third-order valence-corrected chi connectivity index (χ3v) is 5.62. The van der Waals surface area contributed by atoms with Gasteiger partial charge in [-0.1, -0.05) is 0 Å². The van der Waals surface area contributed by atoms with Gasteiger partial charge >= 0.3 is 0 Å². The summed E-state index contributed by atoms with van der Waals surface area (Å²) in [7, 11) is -3.49. The van der Waals surface area contributed by atoms with E-state index < -0.39 is 10.0 Å². The highest BCUT2D eigenvalue weighted by atomic mass is 32.2. The van der Waals surface area contributed by atoms with Crippen LogP contribution in [0.1, 0.15) is 20.3 Å². The molecule has 7 heteroatoms. The summed E-state index contributed by atoms with van der Waals surface area (Å²) in [6.45, 7) is 4.28. The smallest absolute Gasteiger partial charge is 0.243 e. The van der Waals surface area contributed by atoms with Crippen molar-refractivity contribution in [1.82, 2.24) is 4.31 Å². The number of nitrogens with zero attached hydrogens (tertiary/aromatic N) is 1. The molecule has 1 aromatic rings. The van der Waals surface area contributed by atoms with Crippen LogP contribution in [-0.2, 0) is 14.8 Å². The highest BCUT2D eigenvalue weighted by Gasteiger charge is 2.33. The van der Waals surface area contributed by atoms with Crippen molar-refractivity contribution in [2.24, 2.45) is 11.7 Å². The summed E-state index contributed by atoms with van der Waals surface area (Å²) < 4.78 is 26.5. The van der Waals surface area contributed by atoms with Crippen LogP contribution in [0, 0.1) is 5.92 Å². The zero-order valence-corrected chi connectivity index (χ0v) is 13.1. The quantitative estimate of drug-likeness (QED) is 0.867. The molecule has 1 aromatic carbocycles. The van der Waals surface area contributed by atoms with Gasteiger partial charge in [0.15, 0.2) is 0 Å². The molecule has 1 amide bonds. The number of carbonyl (C=O) groups is 1. The van der Waals surface area contributed by atoms with E-state index in [1.807, 2.05) is 6.92 Å². The van der Waals surface area contributed by atoms with E-state index in [0.29, 0.717) is 18.8 Å². The Morgan fingerprint density at radius 1 is 1.38 bits per heavy atom. The summed E-state index contributed by atoms with van der Waals surface area (Å²) in [5.41, 5.74) is 6.43. The topological polar surface area (TPSA) is 92.5 Å². The van der Waals surface area contributed by atoms with Crippen LogP contribution in [0.4, 0.5) is 5.69 Å². The fourth-order valence-corrected chi connectivity index (χ4v) is 3.98. The highest BCUT2D eigenvalue weighted by Crippen LogP contribution is 2.26. The molecule has 1 aliphatic rings. The van der Waals surface area contributed by atoms with E-state index >= 15 is 0 Å². The number of hydrogen-bond donors (Lipinski definition) is 2. The number of sulfonamides is 1. The molecule has 0 aliphatic carbocycles. The summed E-state index contributed by atoms with van der Waals surface area (Å²) in [6, 6.07) is 6.20. The normalized spacial score (nSPS) is 21.2. The first kappa shape index (κ1) is 15.9. The lowest BCUT2D eigenvalue weighted by Crippen LogP contribution is -2.33. The van der Waals surface area contributed by atoms with E-state index in [0.717, 1.165) is 6.42 Å². The van der Waals surface area contributed by atoms with Crippen LogP contribution in [0.2, 0.25) is 0 Å². The third-order valence-electron chi connectivity index (χ3n) is 3.74. The molecule has 1 fully saturated rings. The molecule has 0 bridgehead atoms. The zero-order valence-electron chi connectivity index (χ0n) is 12.2. The van der Waals surface area contributed by atoms with Crippen molar-refractivity contribution in [2.75, 3.05) is 18.4 Å². The zero-order chi connectivity index (χ0) is 15.6. The Morgan fingerprint density at radius 3 is 2.48 bits per heavy atom. The lowest BCUT2D eigenvalue weighted by molar-refractivity contribution is -0.114. The minimum absolute atomic E-state index is 0.00709. The molecule has 0 radical (unpaired) electrons. The lowest BCUT2D eigenvalue weighted by Gasteiger charge is -2.18. The van der Waals surface area contributed by atoms with Crippen LogP contribution in [0.5, 0.6) is 0 Å². The standard InChI is InChI=1S/C14H21N3O3S/c1-10(15)12-7-8-17(9-12)21(19,20)14-5-3-13(4-6-14)16-11(2)18/h3-6,10,12H,7-9,15H2,1-2H3,(H,16,18). The van der Waals surface area contributed by atoms with E-state index in [9.17, 15) is 13.2 Å². The summed E-state index contributed by atoms with van der Waals surface area (Å²) in [5.74, 6) is 0.0170. The van der Waals surface area contributed by atoms with E-state index in [4.69, 9.17) is 5.73 Å². The second-order valence-corrected chi connectivity index (χ2v) is 7.41. The molecular weight excluding hydrogens is 290 g/mol. The van der Waals surface area contributed by atoms with Gasteiger partial charge in [0, 0.05) is 31.7 Å². The largest absolute Gasteiger partial charge is 0.328 e.